The van der Waals surface area contributed by atoms with E-state index in [2.05, 4.69) is 11.4 Å². The van der Waals surface area contributed by atoms with Crippen LogP contribution in [0.25, 0.3) is 0 Å². The van der Waals surface area contributed by atoms with Crippen LogP contribution < -0.4 is 10.1 Å². The fourth-order valence-corrected chi connectivity index (χ4v) is 3.08. The smallest absolute Gasteiger partial charge is 0.220 e. The van der Waals surface area contributed by atoms with E-state index in [0.717, 1.165) is 35.3 Å². The van der Waals surface area contributed by atoms with Gasteiger partial charge in [-0.2, -0.15) is 0 Å². The molecule has 0 saturated carbocycles. The van der Waals surface area contributed by atoms with Crippen molar-refractivity contribution in [3.8, 4) is 5.75 Å². The molecule has 0 spiro atoms. The van der Waals surface area contributed by atoms with Gasteiger partial charge in [-0.25, -0.2) is 0 Å². The van der Waals surface area contributed by atoms with Gasteiger partial charge < -0.3 is 15.2 Å². The second kappa shape index (κ2) is 7.97. The number of carbonyl (C=O) groups is 1. The highest BCUT2D eigenvalue weighted by molar-refractivity contribution is 5.77. The van der Waals surface area contributed by atoms with Crippen molar-refractivity contribution in [2.24, 2.45) is 0 Å². The number of hydrogen-bond acceptors (Lipinski definition) is 3. The summed E-state index contributed by atoms with van der Waals surface area (Å²) < 4.78 is 5.64. The molecular weight excluding hydrogens is 302 g/mol. The summed E-state index contributed by atoms with van der Waals surface area (Å²) in [6, 6.07) is 15.8. The van der Waals surface area contributed by atoms with Gasteiger partial charge in [0, 0.05) is 13.0 Å². The fraction of sp³-hybridized carbons (Fsp3) is 0.350. The lowest BCUT2D eigenvalue weighted by Gasteiger charge is -2.25. The van der Waals surface area contributed by atoms with E-state index in [0.29, 0.717) is 19.6 Å². The number of aliphatic hydroxyl groups excluding tert-OH is 1. The number of ether oxygens (including phenoxy) is 1. The summed E-state index contributed by atoms with van der Waals surface area (Å²) in [6.07, 6.45) is 2.18. The summed E-state index contributed by atoms with van der Waals surface area (Å²) >= 11 is 0. The minimum absolute atomic E-state index is 0.0591. The zero-order valence-electron chi connectivity index (χ0n) is 13.7. The number of benzene rings is 2. The Hall–Kier alpha value is -2.33. The average molecular weight is 325 g/mol. The molecule has 1 unspecified atom stereocenters. The average Bonchev–Trinajstić information content (AvgIpc) is 2.63. The number of fused-ring (bicyclic) bond motifs is 1. The normalized spacial score (nSPS) is 16.1. The Labute approximate surface area is 142 Å². The summed E-state index contributed by atoms with van der Waals surface area (Å²) in [4.78, 5) is 12.2. The van der Waals surface area contributed by atoms with Crippen LogP contribution in [-0.2, 0) is 17.8 Å². The number of nitrogens with one attached hydrogen (secondary N) is 1. The van der Waals surface area contributed by atoms with Crippen LogP contribution in [0, 0.1) is 0 Å². The van der Waals surface area contributed by atoms with Gasteiger partial charge in [-0.15, -0.1) is 0 Å². The van der Waals surface area contributed by atoms with Gasteiger partial charge in [0.2, 0.25) is 5.91 Å². The van der Waals surface area contributed by atoms with Crippen molar-refractivity contribution in [2.75, 3.05) is 13.2 Å². The minimum Gasteiger partial charge on any atom is -0.493 e. The predicted molar refractivity (Wildman–Crippen MR) is 93.0 cm³/mol. The number of para-hydroxylation sites is 1. The van der Waals surface area contributed by atoms with E-state index in [4.69, 9.17) is 9.84 Å². The first-order valence-corrected chi connectivity index (χ1v) is 8.43. The molecule has 126 valence electrons. The van der Waals surface area contributed by atoms with Crippen LogP contribution in [0.2, 0.25) is 0 Å². The molecular formula is C20H23NO3. The topological polar surface area (TPSA) is 58.6 Å². The molecule has 4 nitrogen and oxygen atoms in total. The molecule has 1 amide bonds. The number of rotatable bonds is 6. The molecule has 0 fully saturated rings. The van der Waals surface area contributed by atoms with Gasteiger partial charge >= 0.3 is 0 Å². The standard InChI is InChI=1S/C20H23NO3/c22-14-16-7-5-15(6-8-16)9-11-21-20(23)13-17-10-12-24-19-4-2-1-3-18(17)19/h1-8,17,22H,9-14H2,(H,21,23). The summed E-state index contributed by atoms with van der Waals surface area (Å²) in [5.74, 6) is 1.23. The molecule has 1 aliphatic heterocycles. The molecule has 0 aliphatic carbocycles. The first-order chi connectivity index (χ1) is 11.8. The van der Waals surface area contributed by atoms with Crippen LogP contribution in [0.5, 0.6) is 5.75 Å². The molecule has 0 radical (unpaired) electrons. The Morgan fingerprint density at radius 2 is 1.88 bits per heavy atom. The van der Waals surface area contributed by atoms with Crippen molar-refractivity contribution >= 4 is 5.91 Å². The molecule has 4 heteroatoms. The third kappa shape index (κ3) is 4.15. The molecule has 1 heterocycles. The molecule has 3 rings (SSSR count). The molecule has 1 aliphatic rings. The molecule has 2 N–H and O–H groups in total. The van der Waals surface area contributed by atoms with Crippen LogP contribution in [0.3, 0.4) is 0 Å². The van der Waals surface area contributed by atoms with Gasteiger partial charge in [0.05, 0.1) is 13.2 Å². The number of hydrogen-bond donors (Lipinski definition) is 2. The van der Waals surface area contributed by atoms with E-state index >= 15 is 0 Å². The lowest BCUT2D eigenvalue weighted by molar-refractivity contribution is -0.121. The Morgan fingerprint density at radius 1 is 1.12 bits per heavy atom. The lowest BCUT2D eigenvalue weighted by atomic mass is 9.90. The SMILES string of the molecule is O=C(CC1CCOc2ccccc21)NCCc1ccc(CO)cc1. The quantitative estimate of drug-likeness (QED) is 0.858. The number of aliphatic hydroxyl groups is 1. The minimum atomic E-state index is 0.0591. The van der Waals surface area contributed by atoms with E-state index < -0.39 is 0 Å². The van der Waals surface area contributed by atoms with Crippen LogP contribution in [0.1, 0.15) is 35.4 Å². The molecule has 1 atom stereocenters. The molecule has 24 heavy (non-hydrogen) atoms. The maximum absolute atomic E-state index is 12.2. The monoisotopic (exact) mass is 325 g/mol. The lowest BCUT2D eigenvalue weighted by Crippen LogP contribution is -2.28. The number of amides is 1. The molecule has 2 aromatic carbocycles. The first kappa shape index (κ1) is 16.5. The maximum atomic E-state index is 12.2. The summed E-state index contributed by atoms with van der Waals surface area (Å²) in [7, 11) is 0. The number of carbonyl (C=O) groups excluding carboxylic acids is 1. The first-order valence-electron chi connectivity index (χ1n) is 8.43. The van der Waals surface area contributed by atoms with Crippen molar-refractivity contribution < 1.29 is 14.6 Å². The van der Waals surface area contributed by atoms with E-state index in [1.165, 1.54) is 0 Å². The van der Waals surface area contributed by atoms with Crippen molar-refractivity contribution in [1.29, 1.82) is 0 Å². The van der Waals surface area contributed by atoms with Crippen LogP contribution in [0.4, 0.5) is 0 Å². The van der Waals surface area contributed by atoms with Crippen molar-refractivity contribution in [3.05, 3.63) is 65.2 Å². The maximum Gasteiger partial charge on any atom is 0.220 e. The predicted octanol–water partition coefficient (Wildman–Crippen LogP) is 2.79. The zero-order chi connectivity index (χ0) is 16.8. The second-order valence-corrected chi connectivity index (χ2v) is 6.15. The van der Waals surface area contributed by atoms with Crippen LogP contribution >= 0.6 is 0 Å². The van der Waals surface area contributed by atoms with E-state index in [1.807, 2.05) is 42.5 Å². The molecule has 0 bridgehead atoms. The third-order valence-corrected chi connectivity index (χ3v) is 4.46. The Morgan fingerprint density at radius 3 is 2.67 bits per heavy atom. The Balaban J connectivity index is 1.48. The van der Waals surface area contributed by atoms with Crippen molar-refractivity contribution in [2.45, 2.75) is 31.8 Å². The summed E-state index contributed by atoms with van der Waals surface area (Å²) in [5, 5.41) is 12.0. The highest BCUT2D eigenvalue weighted by atomic mass is 16.5. The van der Waals surface area contributed by atoms with Crippen LogP contribution in [-0.4, -0.2) is 24.2 Å². The Kier molecular flexibility index (Phi) is 5.49. The second-order valence-electron chi connectivity index (χ2n) is 6.15. The van der Waals surface area contributed by atoms with Gasteiger partial charge in [-0.1, -0.05) is 42.5 Å². The zero-order valence-corrected chi connectivity index (χ0v) is 13.7. The highest BCUT2D eigenvalue weighted by Gasteiger charge is 2.23. The van der Waals surface area contributed by atoms with E-state index in [1.54, 1.807) is 0 Å². The van der Waals surface area contributed by atoms with E-state index in [9.17, 15) is 4.79 Å². The van der Waals surface area contributed by atoms with Crippen molar-refractivity contribution in [3.63, 3.8) is 0 Å². The molecule has 0 aromatic heterocycles. The van der Waals surface area contributed by atoms with Gasteiger partial charge in [-0.05, 0) is 41.5 Å². The summed E-state index contributed by atoms with van der Waals surface area (Å²) in [5.41, 5.74) is 3.20. The van der Waals surface area contributed by atoms with E-state index in [-0.39, 0.29) is 18.4 Å². The largest absolute Gasteiger partial charge is 0.493 e. The molecule has 0 saturated heterocycles. The summed E-state index contributed by atoms with van der Waals surface area (Å²) in [6.45, 7) is 1.36. The van der Waals surface area contributed by atoms with Crippen LogP contribution in [0.15, 0.2) is 48.5 Å². The third-order valence-electron chi connectivity index (χ3n) is 4.46. The fourth-order valence-electron chi connectivity index (χ4n) is 3.08. The molecule has 2 aromatic rings. The van der Waals surface area contributed by atoms with Gasteiger partial charge in [0.1, 0.15) is 5.75 Å². The van der Waals surface area contributed by atoms with Gasteiger partial charge in [0.15, 0.2) is 0 Å². The van der Waals surface area contributed by atoms with Gasteiger partial charge in [-0.3, -0.25) is 4.79 Å². The van der Waals surface area contributed by atoms with Gasteiger partial charge in [0.25, 0.3) is 0 Å². The highest BCUT2D eigenvalue weighted by Crippen LogP contribution is 2.35. The Bertz CT molecular complexity index is 682. The van der Waals surface area contributed by atoms with Crippen molar-refractivity contribution in [1.82, 2.24) is 5.32 Å².